The first-order chi connectivity index (χ1) is 14.1. The lowest BCUT2D eigenvalue weighted by Gasteiger charge is -2.34. The summed E-state index contributed by atoms with van der Waals surface area (Å²) in [5.41, 5.74) is 0.726. The molecule has 0 bridgehead atoms. The highest BCUT2D eigenvalue weighted by Gasteiger charge is 2.30. The maximum Gasteiger partial charge on any atom is 0.309 e. The van der Waals surface area contributed by atoms with Crippen molar-refractivity contribution in [3.8, 4) is 11.5 Å². The number of piperidine rings is 1. The minimum atomic E-state index is -0.265. The molecule has 29 heavy (non-hydrogen) atoms. The van der Waals surface area contributed by atoms with Gasteiger partial charge in [-0.2, -0.15) is 0 Å². The van der Waals surface area contributed by atoms with Crippen molar-refractivity contribution in [2.75, 3.05) is 25.0 Å². The van der Waals surface area contributed by atoms with Crippen LogP contribution in [0.4, 0.5) is 5.69 Å². The van der Waals surface area contributed by atoms with Crippen molar-refractivity contribution in [2.24, 2.45) is 5.92 Å². The lowest BCUT2D eigenvalue weighted by Crippen LogP contribution is -2.47. The van der Waals surface area contributed by atoms with Crippen LogP contribution in [-0.4, -0.2) is 42.5 Å². The van der Waals surface area contributed by atoms with Gasteiger partial charge in [0.15, 0.2) is 0 Å². The highest BCUT2D eigenvalue weighted by atomic mass is 16.5. The molecular formula is C23H28N2O4. The van der Waals surface area contributed by atoms with Crippen LogP contribution >= 0.6 is 0 Å². The highest BCUT2D eigenvalue weighted by molar-refractivity contribution is 5.94. The molecule has 0 aliphatic carbocycles. The van der Waals surface area contributed by atoms with Crippen LogP contribution in [0.3, 0.4) is 0 Å². The van der Waals surface area contributed by atoms with E-state index in [4.69, 9.17) is 9.47 Å². The molecule has 2 aromatic carbocycles. The van der Waals surface area contributed by atoms with Crippen molar-refractivity contribution in [3.63, 3.8) is 0 Å². The molecule has 1 aliphatic heterocycles. The van der Waals surface area contributed by atoms with Crippen LogP contribution in [0.15, 0.2) is 54.6 Å². The number of anilines is 1. The molecule has 0 radical (unpaired) electrons. The quantitative estimate of drug-likeness (QED) is 0.714. The Balaban J connectivity index is 1.49. The van der Waals surface area contributed by atoms with E-state index in [2.05, 4.69) is 10.2 Å². The fraction of sp³-hybridized carbons (Fsp3) is 0.391. The van der Waals surface area contributed by atoms with E-state index in [1.807, 2.05) is 68.4 Å². The van der Waals surface area contributed by atoms with Crippen LogP contribution in [0, 0.1) is 5.92 Å². The van der Waals surface area contributed by atoms with Crippen LogP contribution < -0.4 is 10.1 Å². The average Bonchev–Trinajstić information content (AvgIpc) is 2.75. The van der Waals surface area contributed by atoms with Crippen molar-refractivity contribution in [1.82, 2.24) is 4.90 Å². The van der Waals surface area contributed by atoms with E-state index in [0.717, 1.165) is 24.3 Å². The van der Waals surface area contributed by atoms with Gasteiger partial charge in [0.05, 0.1) is 18.6 Å². The van der Waals surface area contributed by atoms with E-state index < -0.39 is 0 Å². The summed E-state index contributed by atoms with van der Waals surface area (Å²) >= 11 is 0. The summed E-state index contributed by atoms with van der Waals surface area (Å²) in [4.78, 5) is 26.6. The van der Waals surface area contributed by atoms with Crippen molar-refractivity contribution >= 4 is 17.6 Å². The smallest absolute Gasteiger partial charge is 0.309 e. The zero-order valence-corrected chi connectivity index (χ0v) is 17.0. The number of hydrogen-bond acceptors (Lipinski definition) is 5. The molecule has 1 heterocycles. The molecule has 1 atom stereocenters. The molecule has 3 rings (SSSR count). The Labute approximate surface area is 171 Å². The van der Waals surface area contributed by atoms with Crippen LogP contribution in [0.2, 0.25) is 0 Å². The number of para-hydroxylation sites is 1. The van der Waals surface area contributed by atoms with E-state index in [0.29, 0.717) is 25.4 Å². The molecule has 0 saturated carbocycles. The predicted octanol–water partition coefficient (Wildman–Crippen LogP) is 4.08. The van der Waals surface area contributed by atoms with E-state index in [1.54, 1.807) is 0 Å². The fourth-order valence-electron chi connectivity index (χ4n) is 3.43. The number of carbonyl (C=O) groups is 2. The number of amides is 1. The van der Waals surface area contributed by atoms with Gasteiger partial charge >= 0.3 is 5.97 Å². The Bertz CT molecular complexity index is 799. The third-order valence-electron chi connectivity index (χ3n) is 5.18. The SMILES string of the molecule is CCOC(=O)C1CCN(C(C)C(=O)Nc2ccc(Oc3ccccc3)cc2)CC1. The number of likely N-dealkylation sites (tertiary alicyclic amines) is 1. The molecule has 1 fully saturated rings. The summed E-state index contributed by atoms with van der Waals surface area (Å²) in [6.45, 7) is 5.55. The number of rotatable bonds is 7. The first-order valence-electron chi connectivity index (χ1n) is 10.1. The molecule has 1 saturated heterocycles. The monoisotopic (exact) mass is 396 g/mol. The second kappa shape index (κ2) is 10.1. The standard InChI is InChI=1S/C23H28N2O4/c1-3-28-23(27)18-13-15-25(16-14-18)17(2)22(26)24-19-9-11-21(12-10-19)29-20-7-5-4-6-8-20/h4-12,17-18H,3,13-16H2,1-2H3,(H,24,26). The van der Waals surface area contributed by atoms with Crippen molar-refractivity contribution in [1.29, 1.82) is 0 Å². The zero-order chi connectivity index (χ0) is 20.6. The Morgan fingerprint density at radius 3 is 2.28 bits per heavy atom. The van der Waals surface area contributed by atoms with Gasteiger partial charge in [-0.1, -0.05) is 18.2 Å². The van der Waals surface area contributed by atoms with Gasteiger partial charge < -0.3 is 14.8 Å². The molecule has 154 valence electrons. The average molecular weight is 396 g/mol. The zero-order valence-electron chi connectivity index (χ0n) is 17.0. The number of carbonyl (C=O) groups excluding carboxylic acids is 2. The molecule has 2 aromatic rings. The van der Waals surface area contributed by atoms with E-state index >= 15 is 0 Å². The van der Waals surface area contributed by atoms with Gasteiger partial charge in [-0.3, -0.25) is 14.5 Å². The Morgan fingerprint density at radius 1 is 1.03 bits per heavy atom. The van der Waals surface area contributed by atoms with Gasteiger partial charge in [0, 0.05) is 5.69 Å². The van der Waals surface area contributed by atoms with Crippen molar-refractivity contribution in [2.45, 2.75) is 32.7 Å². The van der Waals surface area contributed by atoms with E-state index in [-0.39, 0.29) is 23.8 Å². The molecule has 6 heteroatoms. The first-order valence-corrected chi connectivity index (χ1v) is 10.1. The number of esters is 1. The maximum absolute atomic E-state index is 12.6. The van der Waals surface area contributed by atoms with Crippen molar-refractivity contribution in [3.05, 3.63) is 54.6 Å². The number of nitrogens with zero attached hydrogens (tertiary/aromatic N) is 1. The third kappa shape index (κ3) is 5.81. The molecule has 1 aliphatic rings. The summed E-state index contributed by atoms with van der Waals surface area (Å²) in [6, 6.07) is 16.6. The first kappa shape index (κ1) is 20.9. The second-order valence-electron chi connectivity index (χ2n) is 7.17. The molecular weight excluding hydrogens is 368 g/mol. The van der Waals surface area contributed by atoms with E-state index in [9.17, 15) is 9.59 Å². The van der Waals surface area contributed by atoms with Gasteiger partial charge in [0.25, 0.3) is 0 Å². The number of hydrogen-bond donors (Lipinski definition) is 1. The van der Waals surface area contributed by atoms with Crippen LogP contribution in [0.5, 0.6) is 11.5 Å². The summed E-state index contributed by atoms with van der Waals surface area (Å²) in [7, 11) is 0. The molecule has 0 spiro atoms. The summed E-state index contributed by atoms with van der Waals surface area (Å²) in [6.07, 6.45) is 1.45. The minimum Gasteiger partial charge on any atom is -0.466 e. The van der Waals surface area contributed by atoms with Crippen LogP contribution in [0.1, 0.15) is 26.7 Å². The number of ether oxygens (including phenoxy) is 2. The lowest BCUT2D eigenvalue weighted by molar-refractivity contribution is -0.149. The molecule has 1 N–H and O–H groups in total. The molecule has 6 nitrogen and oxygen atoms in total. The number of benzene rings is 2. The van der Waals surface area contributed by atoms with E-state index in [1.165, 1.54) is 0 Å². The minimum absolute atomic E-state index is 0.0568. The lowest BCUT2D eigenvalue weighted by atomic mass is 9.96. The normalized spacial score (nSPS) is 16.1. The number of nitrogens with one attached hydrogen (secondary N) is 1. The maximum atomic E-state index is 12.6. The Kier molecular flexibility index (Phi) is 7.25. The third-order valence-corrected chi connectivity index (χ3v) is 5.18. The second-order valence-corrected chi connectivity index (χ2v) is 7.17. The van der Waals surface area contributed by atoms with Gasteiger partial charge in [-0.05, 0) is 76.2 Å². The van der Waals surface area contributed by atoms with Gasteiger partial charge in [-0.15, -0.1) is 0 Å². The fourth-order valence-corrected chi connectivity index (χ4v) is 3.43. The van der Waals surface area contributed by atoms with Gasteiger partial charge in [0.2, 0.25) is 5.91 Å². The van der Waals surface area contributed by atoms with Gasteiger partial charge in [0.1, 0.15) is 11.5 Å². The molecule has 1 amide bonds. The Morgan fingerprint density at radius 2 is 1.66 bits per heavy atom. The Hall–Kier alpha value is -2.86. The largest absolute Gasteiger partial charge is 0.466 e. The van der Waals surface area contributed by atoms with Crippen molar-refractivity contribution < 1.29 is 19.1 Å². The molecule has 1 unspecified atom stereocenters. The molecule has 0 aromatic heterocycles. The van der Waals surface area contributed by atoms with Crippen LogP contribution in [-0.2, 0) is 14.3 Å². The topological polar surface area (TPSA) is 67.9 Å². The van der Waals surface area contributed by atoms with Gasteiger partial charge in [-0.25, -0.2) is 0 Å². The summed E-state index contributed by atoms with van der Waals surface area (Å²) < 4.78 is 10.9. The highest BCUT2D eigenvalue weighted by Crippen LogP contribution is 2.24. The summed E-state index contributed by atoms with van der Waals surface area (Å²) in [5, 5.41) is 2.96. The van der Waals surface area contributed by atoms with Crippen LogP contribution in [0.25, 0.3) is 0 Å². The predicted molar refractivity (Wildman–Crippen MR) is 112 cm³/mol. The summed E-state index contributed by atoms with van der Waals surface area (Å²) in [5.74, 6) is 1.24.